The van der Waals surface area contributed by atoms with Crippen LogP contribution in [0.3, 0.4) is 0 Å². The first-order chi connectivity index (χ1) is 11.0. The quantitative estimate of drug-likeness (QED) is 0.925. The third kappa shape index (κ3) is 3.37. The molecular formula is C19H26N4. The minimum Gasteiger partial charge on any atom is -0.366 e. The van der Waals surface area contributed by atoms with Crippen LogP contribution in [-0.4, -0.2) is 36.1 Å². The van der Waals surface area contributed by atoms with Crippen LogP contribution >= 0.6 is 0 Å². The number of nitrogens with zero attached hydrogens (tertiary/aromatic N) is 3. The Kier molecular flexibility index (Phi) is 4.35. The van der Waals surface area contributed by atoms with Crippen LogP contribution in [-0.2, 0) is 5.41 Å². The maximum atomic E-state index is 4.98. The molecule has 23 heavy (non-hydrogen) atoms. The van der Waals surface area contributed by atoms with Crippen molar-refractivity contribution in [1.82, 2.24) is 15.3 Å². The molecule has 1 aromatic carbocycles. The van der Waals surface area contributed by atoms with Crippen LogP contribution < -0.4 is 10.2 Å². The van der Waals surface area contributed by atoms with E-state index in [1.807, 2.05) is 12.3 Å². The number of hydrogen-bond acceptors (Lipinski definition) is 4. The van der Waals surface area contributed by atoms with E-state index in [4.69, 9.17) is 4.98 Å². The molecule has 122 valence electrons. The standard InChI is InChI=1S/C19H26N4/c1-14-7-5-6-8-15(14)18-21-13-16(17(22-18)19(2,3)4)23-11-9-20-10-12-23/h5-8,13,20H,9-12H2,1-4H3. The van der Waals surface area contributed by atoms with E-state index in [-0.39, 0.29) is 5.41 Å². The molecule has 0 atom stereocenters. The summed E-state index contributed by atoms with van der Waals surface area (Å²) in [7, 11) is 0. The van der Waals surface area contributed by atoms with Gasteiger partial charge in [-0.2, -0.15) is 0 Å². The second-order valence-electron chi connectivity index (χ2n) is 7.23. The molecule has 4 heteroatoms. The predicted octanol–water partition coefficient (Wildman–Crippen LogP) is 3.16. The molecule has 0 aliphatic carbocycles. The van der Waals surface area contributed by atoms with Gasteiger partial charge in [-0.15, -0.1) is 0 Å². The minimum absolute atomic E-state index is 0.0133. The fourth-order valence-electron chi connectivity index (χ4n) is 3.02. The topological polar surface area (TPSA) is 41.1 Å². The lowest BCUT2D eigenvalue weighted by atomic mass is 9.90. The molecule has 1 aromatic heterocycles. The molecule has 0 bridgehead atoms. The summed E-state index contributed by atoms with van der Waals surface area (Å²) in [5.41, 5.74) is 4.62. The van der Waals surface area contributed by atoms with Crippen LogP contribution in [0.25, 0.3) is 11.4 Å². The van der Waals surface area contributed by atoms with E-state index in [9.17, 15) is 0 Å². The van der Waals surface area contributed by atoms with Crippen molar-refractivity contribution in [2.24, 2.45) is 0 Å². The Hall–Kier alpha value is -1.94. The zero-order chi connectivity index (χ0) is 16.4. The highest BCUT2D eigenvalue weighted by molar-refractivity contribution is 5.63. The summed E-state index contributed by atoms with van der Waals surface area (Å²) in [6, 6.07) is 8.31. The first kappa shape index (κ1) is 15.9. The highest BCUT2D eigenvalue weighted by Gasteiger charge is 2.25. The Morgan fingerprint density at radius 3 is 2.43 bits per heavy atom. The number of piperazine rings is 1. The maximum Gasteiger partial charge on any atom is 0.159 e. The van der Waals surface area contributed by atoms with E-state index < -0.39 is 0 Å². The van der Waals surface area contributed by atoms with E-state index >= 15 is 0 Å². The van der Waals surface area contributed by atoms with Crippen molar-refractivity contribution in [2.45, 2.75) is 33.1 Å². The van der Waals surface area contributed by atoms with Crippen molar-refractivity contribution in [1.29, 1.82) is 0 Å². The number of aryl methyl sites for hydroxylation is 1. The summed E-state index contributed by atoms with van der Waals surface area (Å²) in [4.78, 5) is 12.1. The van der Waals surface area contributed by atoms with Crippen LogP contribution in [0.4, 0.5) is 5.69 Å². The van der Waals surface area contributed by atoms with Crippen LogP contribution in [0.1, 0.15) is 32.0 Å². The molecule has 1 N–H and O–H groups in total. The predicted molar refractivity (Wildman–Crippen MR) is 96.0 cm³/mol. The molecule has 1 saturated heterocycles. The molecule has 1 fully saturated rings. The van der Waals surface area contributed by atoms with Gasteiger partial charge in [0.15, 0.2) is 5.82 Å². The molecule has 4 nitrogen and oxygen atoms in total. The van der Waals surface area contributed by atoms with Crippen molar-refractivity contribution >= 4 is 5.69 Å². The number of aromatic nitrogens is 2. The lowest BCUT2D eigenvalue weighted by Gasteiger charge is -2.33. The Balaban J connectivity index is 2.07. The average molecular weight is 310 g/mol. The van der Waals surface area contributed by atoms with E-state index in [1.54, 1.807) is 0 Å². The molecule has 3 rings (SSSR count). The van der Waals surface area contributed by atoms with Gasteiger partial charge in [-0.1, -0.05) is 45.0 Å². The first-order valence-corrected chi connectivity index (χ1v) is 8.36. The first-order valence-electron chi connectivity index (χ1n) is 8.36. The SMILES string of the molecule is Cc1ccccc1-c1ncc(N2CCNCC2)c(C(C)(C)C)n1. The summed E-state index contributed by atoms with van der Waals surface area (Å²) in [5.74, 6) is 0.826. The highest BCUT2D eigenvalue weighted by atomic mass is 15.2. The molecule has 0 spiro atoms. The van der Waals surface area contributed by atoms with Gasteiger partial charge in [0, 0.05) is 37.2 Å². The van der Waals surface area contributed by atoms with Crippen molar-refractivity contribution in [3.05, 3.63) is 41.7 Å². The van der Waals surface area contributed by atoms with Crippen molar-refractivity contribution in [3.63, 3.8) is 0 Å². The van der Waals surface area contributed by atoms with Crippen molar-refractivity contribution < 1.29 is 0 Å². The van der Waals surface area contributed by atoms with Gasteiger partial charge in [0.05, 0.1) is 17.6 Å². The summed E-state index contributed by atoms with van der Waals surface area (Å²) in [6.07, 6.45) is 2.01. The normalized spacial score (nSPS) is 15.7. The Morgan fingerprint density at radius 1 is 1.09 bits per heavy atom. The fourth-order valence-corrected chi connectivity index (χ4v) is 3.02. The summed E-state index contributed by atoms with van der Waals surface area (Å²) < 4.78 is 0. The van der Waals surface area contributed by atoms with Crippen LogP contribution in [0.15, 0.2) is 30.5 Å². The summed E-state index contributed by atoms with van der Waals surface area (Å²) >= 11 is 0. The highest BCUT2D eigenvalue weighted by Crippen LogP contribution is 2.32. The molecule has 0 unspecified atom stereocenters. The number of rotatable bonds is 2. The van der Waals surface area contributed by atoms with Gasteiger partial charge in [0.2, 0.25) is 0 Å². The fraction of sp³-hybridized carbons (Fsp3) is 0.474. The van der Waals surface area contributed by atoms with Gasteiger partial charge in [-0.05, 0) is 12.5 Å². The Labute approximate surface area is 139 Å². The maximum absolute atomic E-state index is 4.98. The lowest BCUT2D eigenvalue weighted by molar-refractivity contribution is 0.548. The Morgan fingerprint density at radius 2 is 1.78 bits per heavy atom. The molecular weight excluding hydrogens is 284 g/mol. The summed E-state index contributed by atoms with van der Waals surface area (Å²) in [6.45, 7) is 12.8. The molecule has 0 saturated carbocycles. The monoisotopic (exact) mass is 310 g/mol. The molecule has 1 aliphatic heterocycles. The molecule has 0 amide bonds. The van der Waals surface area contributed by atoms with Gasteiger partial charge >= 0.3 is 0 Å². The van der Waals surface area contributed by atoms with Gasteiger partial charge < -0.3 is 10.2 Å². The van der Waals surface area contributed by atoms with Crippen LogP contribution in [0.2, 0.25) is 0 Å². The van der Waals surface area contributed by atoms with Gasteiger partial charge in [-0.3, -0.25) is 0 Å². The number of hydrogen-bond donors (Lipinski definition) is 1. The molecule has 2 heterocycles. The summed E-state index contributed by atoms with van der Waals surface area (Å²) in [5, 5.41) is 3.40. The largest absolute Gasteiger partial charge is 0.366 e. The van der Waals surface area contributed by atoms with Crippen LogP contribution in [0, 0.1) is 6.92 Å². The zero-order valence-electron chi connectivity index (χ0n) is 14.6. The van der Waals surface area contributed by atoms with Gasteiger partial charge in [0.25, 0.3) is 0 Å². The number of benzene rings is 1. The van der Waals surface area contributed by atoms with Crippen molar-refractivity contribution in [3.8, 4) is 11.4 Å². The van der Waals surface area contributed by atoms with Crippen molar-refractivity contribution in [2.75, 3.05) is 31.1 Å². The van der Waals surface area contributed by atoms with Gasteiger partial charge in [-0.25, -0.2) is 9.97 Å². The third-order valence-corrected chi connectivity index (χ3v) is 4.32. The van der Waals surface area contributed by atoms with E-state index in [1.165, 1.54) is 11.3 Å². The lowest BCUT2D eigenvalue weighted by Crippen LogP contribution is -2.44. The number of anilines is 1. The van der Waals surface area contributed by atoms with Crippen LogP contribution in [0.5, 0.6) is 0 Å². The Bertz CT molecular complexity index is 682. The third-order valence-electron chi connectivity index (χ3n) is 4.32. The molecule has 2 aromatic rings. The molecule has 1 aliphatic rings. The van der Waals surface area contributed by atoms with E-state index in [0.717, 1.165) is 43.3 Å². The second-order valence-corrected chi connectivity index (χ2v) is 7.23. The van der Waals surface area contributed by atoms with Gasteiger partial charge in [0.1, 0.15) is 0 Å². The zero-order valence-corrected chi connectivity index (χ0v) is 14.6. The average Bonchev–Trinajstić information content (AvgIpc) is 2.55. The minimum atomic E-state index is -0.0133. The second kappa shape index (κ2) is 6.28. The molecule has 0 radical (unpaired) electrons. The van der Waals surface area contributed by atoms with E-state index in [2.05, 4.69) is 61.1 Å². The van der Waals surface area contributed by atoms with E-state index in [0.29, 0.717) is 0 Å². The number of nitrogens with one attached hydrogen (secondary N) is 1. The smallest absolute Gasteiger partial charge is 0.159 e.